The molecule has 0 fully saturated rings. The first kappa shape index (κ1) is 30.2. The molecular weight excluding hydrogens is 675 g/mol. The molecule has 4 heterocycles. The van der Waals surface area contributed by atoms with Crippen molar-refractivity contribution < 1.29 is 9.47 Å². The maximum atomic E-state index is 5.78. The van der Waals surface area contributed by atoms with Crippen LogP contribution in [0.4, 0.5) is 0 Å². The molecule has 0 bridgehead atoms. The average Bonchev–Trinajstić information content (AvgIpc) is 3.97. The van der Waals surface area contributed by atoms with E-state index >= 15 is 0 Å². The highest BCUT2D eigenvalue weighted by atomic mass is 16.5. The first-order valence-corrected chi connectivity index (χ1v) is 18.7. The number of aromatic nitrogens is 3. The zero-order valence-electron chi connectivity index (χ0n) is 30.2. The summed E-state index contributed by atoms with van der Waals surface area (Å²) < 4.78 is 18.7. The van der Waals surface area contributed by atoms with Crippen LogP contribution in [0, 0.1) is 0 Å². The first-order chi connectivity index (χ1) is 27.2. The zero-order chi connectivity index (χ0) is 36.4. The number of benzene rings is 8. The number of rotatable bonds is 5. The molecule has 0 spiro atoms. The second-order valence-corrected chi connectivity index (χ2v) is 14.5. The second kappa shape index (κ2) is 11.1. The van der Waals surface area contributed by atoms with E-state index in [1.165, 1.54) is 48.9 Å². The molecule has 0 unspecified atom stereocenters. The molecule has 12 rings (SSSR count). The van der Waals surface area contributed by atoms with Crippen LogP contribution >= 0.6 is 0 Å². The van der Waals surface area contributed by atoms with Crippen LogP contribution in [0.25, 0.3) is 104 Å². The molecule has 0 saturated carbocycles. The molecule has 260 valence electrons. The Morgan fingerprint density at radius 1 is 0.327 bits per heavy atom. The van der Waals surface area contributed by atoms with Crippen LogP contribution in [0.1, 0.15) is 0 Å². The SMILES string of the molecule is COc1ccc2c(c1)c1cc(-c3ccc4c(c3)c3cc(OC)ccc3n4-c3ccc4c5cccc6c7ccccc7n(c4c3)c65)ccc1n2-c1ccccc1. The van der Waals surface area contributed by atoms with E-state index in [1.807, 2.05) is 6.07 Å². The van der Waals surface area contributed by atoms with E-state index in [4.69, 9.17) is 9.47 Å². The minimum Gasteiger partial charge on any atom is -0.497 e. The van der Waals surface area contributed by atoms with Crippen molar-refractivity contribution in [3.63, 3.8) is 0 Å². The van der Waals surface area contributed by atoms with Gasteiger partial charge in [0.15, 0.2) is 0 Å². The number of ether oxygens (including phenoxy) is 2. The molecule has 0 radical (unpaired) electrons. The number of hydrogen-bond acceptors (Lipinski definition) is 2. The van der Waals surface area contributed by atoms with Crippen LogP contribution in [0.2, 0.25) is 0 Å². The Kier molecular flexibility index (Phi) is 6.12. The largest absolute Gasteiger partial charge is 0.497 e. The third kappa shape index (κ3) is 4.12. The fourth-order valence-corrected chi connectivity index (χ4v) is 9.31. The molecule has 0 aliphatic rings. The van der Waals surface area contributed by atoms with Crippen LogP contribution in [0.3, 0.4) is 0 Å². The molecule has 0 N–H and O–H groups in total. The van der Waals surface area contributed by atoms with Gasteiger partial charge in [-0.15, -0.1) is 0 Å². The maximum absolute atomic E-state index is 5.78. The summed E-state index contributed by atoms with van der Waals surface area (Å²) in [5, 5.41) is 9.81. The Morgan fingerprint density at radius 3 is 1.45 bits per heavy atom. The van der Waals surface area contributed by atoms with Crippen LogP contribution in [0.5, 0.6) is 11.5 Å². The average molecular weight is 708 g/mol. The van der Waals surface area contributed by atoms with Crippen molar-refractivity contribution in [3.05, 3.63) is 164 Å². The van der Waals surface area contributed by atoms with Crippen molar-refractivity contribution in [3.8, 4) is 34.0 Å². The van der Waals surface area contributed by atoms with Gasteiger partial charge in [-0.25, -0.2) is 0 Å². The normalized spacial score (nSPS) is 12.2. The lowest BCUT2D eigenvalue weighted by atomic mass is 10.0. The highest BCUT2D eigenvalue weighted by Crippen LogP contribution is 2.42. The standard InChI is InChI=1S/C50H33N3O2/c1-54-34-18-23-47-42(28-34)40-25-30(15-21-45(40)51(47)32-9-4-3-5-10-32)31-16-22-46-41(26-31)43-29-35(55-2)19-24-48(43)52(46)33-17-20-37-39-13-8-12-38-36-11-6-7-14-44(36)53(50(38)39)49(37)27-33/h3-29H,1-2H3. The predicted octanol–water partition coefficient (Wildman–Crippen LogP) is 12.7. The fraction of sp³-hybridized carbons (Fsp3) is 0.0400. The van der Waals surface area contributed by atoms with Crippen molar-refractivity contribution in [1.82, 2.24) is 13.5 Å². The number of nitrogens with zero attached hydrogens (tertiary/aromatic N) is 3. The monoisotopic (exact) mass is 707 g/mol. The lowest BCUT2D eigenvalue weighted by Gasteiger charge is -2.10. The van der Waals surface area contributed by atoms with Crippen LogP contribution in [0.15, 0.2) is 164 Å². The second-order valence-electron chi connectivity index (χ2n) is 14.5. The topological polar surface area (TPSA) is 32.7 Å². The Morgan fingerprint density at radius 2 is 0.836 bits per heavy atom. The molecule has 0 amide bonds. The number of para-hydroxylation sites is 3. The van der Waals surface area contributed by atoms with Gasteiger partial charge in [-0.3, -0.25) is 0 Å². The zero-order valence-corrected chi connectivity index (χ0v) is 30.2. The summed E-state index contributed by atoms with van der Waals surface area (Å²) in [6, 6.07) is 59.5. The summed E-state index contributed by atoms with van der Waals surface area (Å²) in [6.07, 6.45) is 0. The van der Waals surface area contributed by atoms with E-state index in [1.54, 1.807) is 14.2 Å². The van der Waals surface area contributed by atoms with Crippen molar-refractivity contribution in [1.29, 1.82) is 0 Å². The molecule has 0 aliphatic heterocycles. The summed E-state index contributed by atoms with van der Waals surface area (Å²) >= 11 is 0. The minimum absolute atomic E-state index is 0.839. The summed E-state index contributed by atoms with van der Waals surface area (Å²) in [6.45, 7) is 0. The van der Waals surface area contributed by atoms with Crippen LogP contribution in [-0.2, 0) is 0 Å². The van der Waals surface area contributed by atoms with E-state index in [-0.39, 0.29) is 0 Å². The van der Waals surface area contributed by atoms with Crippen molar-refractivity contribution in [2.75, 3.05) is 14.2 Å². The molecule has 5 nitrogen and oxygen atoms in total. The van der Waals surface area contributed by atoms with Gasteiger partial charge >= 0.3 is 0 Å². The van der Waals surface area contributed by atoms with Crippen LogP contribution in [-0.4, -0.2) is 27.8 Å². The van der Waals surface area contributed by atoms with E-state index in [0.717, 1.165) is 66.8 Å². The van der Waals surface area contributed by atoms with E-state index in [2.05, 4.69) is 171 Å². The van der Waals surface area contributed by atoms with Gasteiger partial charge in [-0.2, -0.15) is 0 Å². The van der Waals surface area contributed by atoms with Crippen LogP contribution < -0.4 is 9.47 Å². The van der Waals surface area contributed by atoms with Gasteiger partial charge in [0, 0.05) is 54.5 Å². The third-order valence-electron chi connectivity index (χ3n) is 11.8. The molecule has 12 aromatic rings. The Balaban J connectivity index is 1.09. The summed E-state index contributed by atoms with van der Waals surface area (Å²) in [5.74, 6) is 1.68. The lowest BCUT2D eigenvalue weighted by Crippen LogP contribution is -1.94. The highest BCUT2D eigenvalue weighted by Gasteiger charge is 2.20. The Hall–Kier alpha value is -7.24. The molecule has 4 aromatic heterocycles. The van der Waals surface area contributed by atoms with Gasteiger partial charge in [0.25, 0.3) is 0 Å². The fourth-order valence-electron chi connectivity index (χ4n) is 9.31. The Bertz CT molecular complexity index is 3510. The van der Waals surface area contributed by atoms with Gasteiger partial charge in [0.1, 0.15) is 11.5 Å². The first-order valence-electron chi connectivity index (χ1n) is 18.7. The maximum Gasteiger partial charge on any atom is 0.119 e. The Labute approximate surface area is 315 Å². The van der Waals surface area contributed by atoms with Gasteiger partial charge in [0.2, 0.25) is 0 Å². The highest BCUT2D eigenvalue weighted by molar-refractivity contribution is 6.23. The summed E-state index contributed by atoms with van der Waals surface area (Å²) in [5.41, 5.74) is 12.9. The molecule has 55 heavy (non-hydrogen) atoms. The van der Waals surface area contributed by atoms with Gasteiger partial charge in [0.05, 0.1) is 52.8 Å². The summed E-state index contributed by atoms with van der Waals surface area (Å²) in [4.78, 5) is 0. The lowest BCUT2D eigenvalue weighted by molar-refractivity contribution is 0.415. The summed E-state index contributed by atoms with van der Waals surface area (Å²) in [7, 11) is 3.47. The van der Waals surface area contributed by atoms with Gasteiger partial charge in [-0.1, -0.05) is 72.8 Å². The molecule has 0 aliphatic carbocycles. The van der Waals surface area contributed by atoms with Crippen molar-refractivity contribution >= 4 is 81.7 Å². The van der Waals surface area contributed by atoms with Gasteiger partial charge in [-0.05, 0) is 102 Å². The molecule has 5 heteroatoms. The number of hydrogen-bond donors (Lipinski definition) is 0. The van der Waals surface area contributed by atoms with E-state index in [9.17, 15) is 0 Å². The number of methoxy groups -OCH3 is 2. The smallest absolute Gasteiger partial charge is 0.119 e. The van der Waals surface area contributed by atoms with E-state index in [0.29, 0.717) is 0 Å². The quantitative estimate of drug-likeness (QED) is 0.178. The molecular formula is C50H33N3O2. The van der Waals surface area contributed by atoms with E-state index < -0.39 is 0 Å². The van der Waals surface area contributed by atoms with Gasteiger partial charge < -0.3 is 23.0 Å². The predicted molar refractivity (Wildman–Crippen MR) is 228 cm³/mol. The molecule has 8 aromatic carbocycles. The molecule has 0 saturated heterocycles. The minimum atomic E-state index is 0.839. The number of fused-ring (bicyclic) bond motifs is 12. The third-order valence-corrected chi connectivity index (χ3v) is 11.8. The van der Waals surface area contributed by atoms with Crippen molar-refractivity contribution in [2.24, 2.45) is 0 Å². The molecule has 0 atom stereocenters. The van der Waals surface area contributed by atoms with Crippen molar-refractivity contribution in [2.45, 2.75) is 0 Å².